The molecule has 2 heterocycles. The van der Waals surface area contributed by atoms with Gasteiger partial charge in [0, 0.05) is 25.2 Å². The highest BCUT2D eigenvalue weighted by Crippen LogP contribution is 2.23. The van der Waals surface area contributed by atoms with Crippen molar-refractivity contribution in [1.29, 1.82) is 0 Å². The van der Waals surface area contributed by atoms with Crippen LogP contribution < -0.4 is 10.2 Å². The number of hydrogen-bond donors (Lipinski definition) is 1. The minimum atomic E-state index is -0.0252. The fourth-order valence-electron chi connectivity index (χ4n) is 3.81. The third-order valence-electron chi connectivity index (χ3n) is 5.70. The zero-order chi connectivity index (χ0) is 20.9. The Labute approximate surface area is 178 Å². The molecule has 0 bridgehead atoms. The number of nitrogens with one attached hydrogen (secondary N) is 1. The van der Waals surface area contributed by atoms with Gasteiger partial charge in [-0.2, -0.15) is 0 Å². The first kappa shape index (κ1) is 20.1. The highest BCUT2D eigenvalue weighted by atomic mass is 16.1. The van der Waals surface area contributed by atoms with Crippen LogP contribution in [0.3, 0.4) is 0 Å². The molecule has 2 aromatic carbocycles. The van der Waals surface area contributed by atoms with Gasteiger partial charge in [0.25, 0.3) is 0 Å². The van der Waals surface area contributed by atoms with E-state index in [2.05, 4.69) is 82.8 Å². The summed E-state index contributed by atoms with van der Waals surface area (Å²) in [6.45, 7) is 6.29. The van der Waals surface area contributed by atoms with E-state index in [1.165, 1.54) is 11.1 Å². The second-order valence-corrected chi connectivity index (χ2v) is 8.13. The number of carbonyl (C=O) groups is 1. The summed E-state index contributed by atoms with van der Waals surface area (Å²) >= 11 is 0. The van der Waals surface area contributed by atoms with E-state index < -0.39 is 0 Å². The van der Waals surface area contributed by atoms with E-state index >= 15 is 0 Å². The van der Waals surface area contributed by atoms with Gasteiger partial charge in [0.15, 0.2) is 5.82 Å². The van der Waals surface area contributed by atoms with Crippen LogP contribution in [0.4, 0.5) is 5.82 Å². The third-order valence-corrected chi connectivity index (χ3v) is 5.70. The maximum Gasteiger partial charge on any atom is 0.225 e. The van der Waals surface area contributed by atoms with Crippen molar-refractivity contribution < 1.29 is 4.79 Å². The summed E-state index contributed by atoms with van der Waals surface area (Å²) in [5.41, 5.74) is 5.50. The Bertz CT molecular complexity index is 981. The second kappa shape index (κ2) is 9.08. The first-order chi connectivity index (χ1) is 14.6. The van der Waals surface area contributed by atoms with Crippen LogP contribution in [0.2, 0.25) is 0 Å². The van der Waals surface area contributed by atoms with Crippen molar-refractivity contribution in [3.63, 3.8) is 0 Å². The van der Waals surface area contributed by atoms with E-state index in [4.69, 9.17) is 0 Å². The Hall–Kier alpha value is -3.21. The van der Waals surface area contributed by atoms with Crippen molar-refractivity contribution in [2.45, 2.75) is 33.2 Å². The lowest BCUT2D eigenvalue weighted by atomic mass is 9.97. The number of aryl methyl sites for hydroxylation is 2. The highest BCUT2D eigenvalue weighted by Gasteiger charge is 2.26. The molecule has 1 amide bonds. The number of nitrogens with zero attached hydrogens (tertiary/aromatic N) is 3. The Morgan fingerprint density at radius 1 is 0.967 bits per heavy atom. The van der Waals surface area contributed by atoms with Crippen LogP contribution in [0.1, 0.15) is 29.5 Å². The van der Waals surface area contributed by atoms with E-state index in [1.54, 1.807) is 0 Å². The molecule has 1 unspecified atom stereocenters. The number of hydrogen-bond acceptors (Lipinski definition) is 4. The van der Waals surface area contributed by atoms with Crippen molar-refractivity contribution in [3.8, 4) is 11.3 Å². The Kier molecular flexibility index (Phi) is 6.07. The lowest BCUT2D eigenvalue weighted by molar-refractivity contribution is -0.125. The molecule has 1 aromatic heterocycles. The maximum atomic E-state index is 12.7. The summed E-state index contributed by atoms with van der Waals surface area (Å²) in [6, 6.07) is 20.6. The molecule has 1 saturated heterocycles. The Morgan fingerprint density at radius 3 is 2.33 bits per heavy atom. The average Bonchev–Trinajstić information content (AvgIpc) is 2.79. The van der Waals surface area contributed by atoms with E-state index in [0.29, 0.717) is 13.1 Å². The van der Waals surface area contributed by atoms with Gasteiger partial charge in [0.2, 0.25) is 5.91 Å². The van der Waals surface area contributed by atoms with Crippen LogP contribution in [0.25, 0.3) is 11.3 Å². The standard InChI is InChI=1S/C25H28N4O/c1-18-5-9-20(10-6-18)16-26-25(30)22-4-3-15-29(17-22)24-14-13-23(27-28-24)21-11-7-19(2)8-12-21/h5-14,22H,3-4,15-17H2,1-2H3,(H,26,30). The van der Waals surface area contributed by atoms with Gasteiger partial charge in [-0.25, -0.2) is 0 Å². The van der Waals surface area contributed by atoms with Gasteiger partial charge in [-0.1, -0.05) is 59.7 Å². The van der Waals surface area contributed by atoms with Crippen molar-refractivity contribution in [3.05, 3.63) is 77.4 Å². The molecule has 1 aliphatic heterocycles. The fraction of sp³-hybridized carbons (Fsp3) is 0.320. The summed E-state index contributed by atoms with van der Waals surface area (Å²) in [7, 11) is 0. The summed E-state index contributed by atoms with van der Waals surface area (Å²) < 4.78 is 0. The van der Waals surface area contributed by atoms with Crippen LogP contribution in [-0.4, -0.2) is 29.2 Å². The molecule has 4 rings (SSSR count). The molecule has 0 radical (unpaired) electrons. The number of anilines is 1. The van der Waals surface area contributed by atoms with Gasteiger partial charge < -0.3 is 10.2 Å². The Morgan fingerprint density at radius 2 is 1.67 bits per heavy atom. The van der Waals surface area contributed by atoms with Crippen molar-refractivity contribution in [2.24, 2.45) is 5.92 Å². The number of carbonyl (C=O) groups excluding carboxylic acids is 1. The number of benzene rings is 2. The van der Waals surface area contributed by atoms with E-state index in [0.717, 1.165) is 42.0 Å². The van der Waals surface area contributed by atoms with Crippen molar-refractivity contribution in [1.82, 2.24) is 15.5 Å². The van der Waals surface area contributed by atoms with Gasteiger partial charge in [-0.3, -0.25) is 4.79 Å². The van der Waals surface area contributed by atoms with Gasteiger partial charge in [0.1, 0.15) is 0 Å². The van der Waals surface area contributed by atoms with Gasteiger partial charge in [0.05, 0.1) is 11.6 Å². The Balaban J connectivity index is 1.36. The van der Waals surface area contributed by atoms with Crippen LogP contribution in [-0.2, 0) is 11.3 Å². The molecule has 0 spiro atoms. The minimum Gasteiger partial charge on any atom is -0.354 e. The van der Waals surface area contributed by atoms with E-state index in [-0.39, 0.29) is 11.8 Å². The molecule has 0 aliphatic carbocycles. The molecule has 1 atom stereocenters. The smallest absolute Gasteiger partial charge is 0.225 e. The lowest BCUT2D eigenvalue weighted by Crippen LogP contribution is -2.43. The zero-order valence-electron chi connectivity index (χ0n) is 17.6. The number of aromatic nitrogens is 2. The summed E-state index contributed by atoms with van der Waals surface area (Å²) in [5.74, 6) is 0.925. The quantitative estimate of drug-likeness (QED) is 0.694. The number of amides is 1. The molecule has 0 saturated carbocycles. The lowest BCUT2D eigenvalue weighted by Gasteiger charge is -2.32. The van der Waals surface area contributed by atoms with Crippen LogP contribution in [0.5, 0.6) is 0 Å². The van der Waals surface area contributed by atoms with E-state index in [1.807, 2.05) is 12.1 Å². The van der Waals surface area contributed by atoms with Gasteiger partial charge in [-0.15, -0.1) is 10.2 Å². The third kappa shape index (κ3) is 4.85. The normalized spacial score (nSPS) is 16.3. The predicted octanol–water partition coefficient (Wildman–Crippen LogP) is 4.29. The van der Waals surface area contributed by atoms with Crippen LogP contribution in [0, 0.1) is 19.8 Å². The fourth-order valence-corrected chi connectivity index (χ4v) is 3.81. The summed E-state index contributed by atoms with van der Waals surface area (Å²) in [4.78, 5) is 14.9. The highest BCUT2D eigenvalue weighted by molar-refractivity contribution is 5.79. The molecule has 3 aromatic rings. The first-order valence-electron chi connectivity index (χ1n) is 10.6. The SMILES string of the molecule is Cc1ccc(CNC(=O)C2CCCN(c3ccc(-c4ccc(C)cc4)nn3)C2)cc1. The molecule has 154 valence electrons. The molecule has 5 heteroatoms. The van der Waals surface area contributed by atoms with Crippen molar-refractivity contribution in [2.75, 3.05) is 18.0 Å². The second-order valence-electron chi connectivity index (χ2n) is 8.13. The maximum absolute atomic E-state index is 12.7. The van der Waals surface area contributed by atoms with Crippen LogP contribution >= 0.6 is 0 Å². The topological polar surface area (TPSA) is 58.1 Å². The molecular formula is C25H28N4O. The van der Waals surface area contributed by atoms with Gasteiger partial charge >= 0.3 is 0 Å². The number of rotatable bonds is 5. The molecule has 1 fully saturated rings. The number of piperidine rings is 1. The first-order valence-corrected chi connectivity index (χ1v) is 10.6. The summed E-state index contributed by atoms with van der Waals surface area (Å²) in [6.07, 6.45) is 1.88. The average molecular weight is 401 g/mol. The monoisotopic (exact) mass is 400 g/mol. The van der Waals surface area contributed by atoms with E-state index in [9.17, 15) is 4.79 Å². The molecule has 1 N–H and O–H groups in total. The summed E-state index contributed by atoms with van der Waals surface area (Å²) in [5, 5.41) is 11.9. The van der Waals surface area contributed by atoms with Crippen LogP contribution in [0.15, 0.2) is 60.7 Å². The zero-order valence-corrected chi connectivity index (χ0v) is 17.6. The predicted molar refractivity (Wildman–Crippen MR) is 120 cm³/mol. The minimum absolute atomic E-state index is 0.0252. The largest absolute Gasteiger partial charge is 0.354 e. The molecular weight excluding hydrogens is 372 g/mol. The van der Waals surface area contributed by atoms with Crippen molar-refractivity contribution >= 4 is 11.7 Å². The molecule has 1 aliphatic rings. The van der Waals surface area contributed by atoms with Gasteiger partial charge in [-0.05, 0) is 44.4 Å². The molecule has 30 heavy (non-hydrogen) atoms. The molecule has 5 nitrogen and oxygen atoms in total.